The lowest BCUT2D eigenvalue weighted by Crippen LogP contribution is -2.32. The smallest absolute Gasteiger partial charge is 0.413 e. The highest BCUT2D eigenvalue weighted by Crippen LogP contribution is 2.27. The minimum atomic E-state index is -0.470. The average molecular weight is 347 g/mol. The van der Waals surface area contributed by atoms with Crippen molar-refractivity contribution in [3.63, 3.8) is 0 Å². The Balaban J connectivity index is 1.33. The van der Waals surface area contributed by atoms with Gasteiger partial charge in [-0.1, -0.05) is 6.07 Å². The van der Waals surface area contributed by atoms with E-state index in [0.717, 1.165) is 51.6 Å². The highest BCUT2D eigenvalue weighted by molar-refractivity contribution is 5.83. The molecule has 1 aliphatic carbocycles. The van der Waals surface area contributed by atoms with Crippen molar-refractivity contribution < 1.29 is 19.1 Å². The SMILES string of the molecule is O=C(Nc1ccccn1)OC1CCC(COC(=O)N2CCCC2)CC1. The van der Waals surface area contributed by atoms with E-state index in [9.17, 15) is 9.59 Å². The molecule has 25 heavy (non-hydrogen) atoms. The standard InChI is InChI=1S/C18H25N3O4/c22-17(20-16-5-1-2-10-19-16)25-15-8-6-14(7-9-15)13-24-18(23)21-11-3-4-12-21/h1-2,5,10,14-15H,3-4,6-9,11-13H2,(H,19,20,22). The number of aromatic nitrogens is 1. The van der Waals surface area contributed by atoms with Crippen LogP contribution in [0.15, 0.2) is 24.4 Å². The van der Waals surface area contributed by atoms with Gasteiger partial charge in [-0.15, -0.1) is 0 Å². The van der Waals surface area contributed by atoms with Crippen molar-refractivity contribution in [1.29, 1.82) is 0 Å². The molecule has 1 aromatic rings. The van der Waals surface area contributed by atoms with Gasteiger partial charge in [-0.2, -0.15) is 0 Å². The molecule has 3 rings (SSSR count). The van der Waals surface area contributed by atoms with Crippen molar-refractivity contribution in [1.82, 2.24) is 9.88 Å². The summed E-state index contributed by atoms with van der Waals surface area (Å²) in [4.78, 5) is 29.6. The van der Waals surface area contributed by atoms with E-state index in [2.05, 4.69) is 10.3 Å². The molecule has 1 aromatic heterocycles. The van der Waals surface area contributed by atoms with Gasteiger partial charge in [-0.3, -0.25) is 5.32 Å². The second-order valence-corrected chi connectivity index (χ2v) is 6.66. The molecule has 1 saturated heterocycles. The number of pyridine rings is 1. The number of ether oxygens (including phenoxy) is 2. The fourth-order valence-corrected chi connectivity index (χ4v) is 3.32. The van der Waals surface area contributed by atoms with E-state index in [0.29, 0.717) is 18.3 Å². The summed E-state index contributed by atoms with van der Waals surface area (Å²) < 4.78 is 10.9. The van der Waals surface area contributed by atoms with Crippen LogP contribution in [0, 0.1) is 5.92 Å². The molecule has 0 unspecified atom stereocenters. The van der Waals surface area contributed by atoms with Crippen molar-refractivity contribution in [2.45, 2.75) is 44.6 Å². The lowest BCUT2D eigenvalue weighted by Gasteiger charge is -2.28. The van der Waals surface area contributed by atoms with Gasteiger partial charge >= 0.3 is 12.2 Å². The van der Waals surface area contributed by atoms with E-state index in [1.807, 2.05) is 0 Å². The summed E-state index contributed by atoms with van der Waals surface area (Å²) in [7, 11) is 0. The monoisotopic (exact) mass is 347 g/mol. The molecule has 1 saturated carbocycles. The number of rotatable bonds is 4. The quantitative estimate of drug-likeness (QED) is 0.902. The summed E-state index contributed by atoms with van der Waals surface area (Å²) in [6.07, 6.45) is 6.38. The maximum Gasteiger partial charge on any atom is 0.413 e. The summed E-state index contributed by atoms with van der Waals surface area (Å²) >= 11 is 0. The lowest BCUT2D eigenvalue weighted by molar-refractivity contribution is 0.0499. The zero-order valence-corrected chi connectivity index (χ0v) is 14.4. The van der Waals surface area contributed by atoms with Crippen LogP contribution >= 0.6 is 0 Å². The number of anilines is 1. The van der Waals surface area contributed by atoms with Crippen LogP contribution in [0.1, 0.15) is 38.5 Å². The summed E-state index contributed by atoms with van der Waals surface area (Å²) in [5.74, 6) is 0.834. The molecule has 136 valence electrons. The number of amides is 2. The highest BCUT2D eigenvalue weighted by Gasteiger charge is 2.26. The van der Waals surface area contributed by atoms with Crippen molar-refractivity contribution in [3.05, 3.63) is 24.4 Å². The first-order valence-corrected chi connectivity index (χ1v) is 9.01. The number of carbonyl (C=O) groups excluding carboxylic acids is 2. The Morgan fingerprint density at radius 2 is 1.92 bits per heavy atom. The Bertz CT molecular complexity index is 567. The number of nitrogens with zero attached hydrogens (tertiary/aromatic N) is 2. The van der Waals surface area contributed by atoms with Crippen molar-refractivity contribution in [2.75, 3.05) is 25.0 Å². The minimum absolute atomic E-state index is 0.0887. The molecule has 1 N–H and O–H groups in total. The van der Waals surface area contributed by atoms with Gasteiger partial charge in [0.15, 0.2) is 0 Å². The van der Waals surface area contributed by atoms with Gasteiger partial charge in [0, 0.05) is 19.3 Å². The van der Waals surface area contributed by atoms with Crippen LogP contribution < -0.4 is 5.32 Å². The summed E-state index contributed by atoms with van der Waals surface area (Å²) in [6, 6.07) is 5.30. The maximum atomic E-state index is 11.9. The van der Waals surface area contributed by atoms with Crippen LogP contribution in [0.4, 0.5) is 15.4 Å². The Hall–Kier alpha value is -2.31. The zero-order valence-electron chi connectivity index (χ0n) is 14.4. The van der Waals surface area contributed by atoms with Gasteiger partial charge < -0.3 is 14.4 Å². The van der Waals surface area contributed by atoms with E-state index in [1.165, 1.54) is 0 Å². The molecule has 0 bridgehead atoms. The number of hydrogen-bond donors (Lipinski definition) is 1. The molecule has 2 fully saturated rings. The molecule has 0 radical (unpaired) electrons. The minimum Gasteiger partial charge on any atom is -0.449 e. The van der Waals surface area contributed by atoms with Crippen LogP contribution in [0.25, 0.3) is 0 Å². The Labute approximate surface area is 147 Å². The van der Waals surface area contributed by atoms with Crippen LogP contribution in [-0.2, 0) is 9.47 Å². The first kappa shape index (κ1) is 17.5. The molecule has 0 atom stereocenters. The van der Waals surface area contributed by atoms with Crippen LogP contribution in [0.3, 0.4) is 0 Å². The van der Waals surface area contributed by atoms with Gasteiger partial charge in [0.05, 0.1) is 6.61 Å². The van der Waals surface area contributed by atoms with Gasteiger partial charge in [-0.05, 0) is 56.6 Å². The van der Waals surface area contributed by atoms with Crippen LogP contribution in [-0.4, -0.2) is 47.9 Å². The fraction of sp³-hybridized carbons (Fsp3) is 0.611. The Morgan fingerprint density at radius 3 is 2.60 bits per heavy atom. The molecule has 2 amide bonds. The predicted molar refractivity (Wildman–Crippen MR) is 92.2 cm³/mol. The molecule has 0 spiro atoms. The topological polar surface area (TPSA) is 80.8 Å². The predicted octanol–water partition coefficient (Wildman–Crippen LogP) is 3.42. The lowest BCUT2D eigenvalue weighted by atomic mass is 9.88. The number of likely N-dealkylation sites (tertiary alicyclic amines) is 1. The number of carbonyl (C=O) groups is 2. The second kappa shape index (κ2) is 8.69. The molecular formula is C18H25N3O4. The van der Waals surface area contributed by atoms with E-state index >= 15 is 0 Å². The molecular weight excluding hydrogens is 322 g/mol. The van der Waals surface area contributed by atoms with Gasteiger partial charge in [0.1, 0.15) is 11.9 Å². The third kappa shape index (κ3) is 5.34. The van der Waals surface area contributed by atoms with E-state index in [1.54, 1.807) is 29.3 Å². The molecule has 1 aliphatic heterocycles. The molecule has 2 heterocycles. The van der Waals surface area contributed by atoms with Crippen LogP contribution in [0.2, 0.25) is 0 Å². The summed E-state index contributed by atoms with van der Waals surface area (Å²) in [5, 5.41) is 2.62. The summed E-state index contributed by atoms with van der Waals surface area (Å²) in [5.41, 5.74) is 0. The van der Waals surface area contributed by atoms with E-state index in [-0.39, 0.29) is 12.2 Å². The molecule has 0 aromatic carbocycles. The van der Waals surface area contributed by atoms with Crippen molar-refractivity contribution in [2.24, 2.45) is 5.92 Å². The first-order valence-electron chi connectivity index (χ1n) is 9.01. The van der Waals surface area contributed by atoms with E-state index in [4.69, 9.17) is 9.47 Å². The highest BCUT2D eigenvalue weighted by atomic mass is 16.6. The number of nitrogens with one attached hydrogen (secondary N) is 1. The molecule has 7 nitrogen and oxygen atoms in total. The normalized spacial score (nSPS) is 23.1. The maximum absolute atomic E-state index is 11.9. The van der Waals surface area contributed by atoms with Gasteiger partial charge in [-0.25, -0.2) is 14.6 Å². The van der Waals surface area contributed by atoms with Crippen molar-refractivity contribution >= 4 is 18.0 Å². The molecule has 7 heteroatoms. The Kier molecular flexibility index (Phi) is 6.09. The first-order chi connectivity index (χ1) is 12.2. The zero-order chi connectivity index (χ0) is 17.5. The third-order valence-corrected chi connectivity index (χ3v) is 4.77. The largest absolute Gasteiger partial charge is 0.449 e. The molecule has 2 aliphatic rings. The third-order valence-electron chi connectivity index (χ3n) is 4.77. The van der Waals surface area contributed by atoms with Crippen molar-refractivity contribution in [3.8, 4) is 0 Å². The van der Waals surface area contributed by atoms with Gasteiger partial charge in [0.25, 0.3) is 0 Å². The van der Waals surface area contributed by atoms with Gasteiger partial charge in [0.2, 0.25) is 0 Å². The summed E-state index contributed by atoms with van der Waals surface area (Å²) in [6.45, 7) is 2.08. The number of hydrogen-bond acceptors (Lipinski definition) is 5. The second-order valence-electron chi connectivity index (χ2n) is 6.66. The Morgan fingerprint density at radius 1 is 1.16 bits per heavy atom. The average Bonchev–Trinajstić information content (AvgIpc) is 3.16. The fourth-order valence-electron chi connectivity index (χ4n) is 3.32. The van der Waals surface area contributed by atoms with E-state index < -0.39 is 6.09 Å². The van der Waals surface area contributed by atoms with Crippen LogP contribution in [0.5, 0.6) is 0 Å².